The van der Waals surface area contributed by atoms with E-state index in [1.54, 1.807) is 0 Å². The van der Waals surface area contributed by atoms with Crippen LogP contribution in [0.2, 0.25) is 0 Å². The monoisotopic (exact) mass is 209 g/mol. The van der Waals surface area contributed by atoms with Gasteiger partial charge in [-0.15, -0.1) is 0 Å². The molecule has 0 aliphatic heterocycles. The van der Waals surface area contributed by atoms with E-state index in [0.717, 1.165) is 6.20 Å². The summed E-state index contributed by atoms with van der Waals surface area (Å²) in [4.78, 5) is 0. The Morgan fingerprint density at radius 2 is 2.07 bits per heavy atom. The first-order valence-corrected chi connectivity index (χ1v) is 3.96. The third-order valence-electron chi connectivity index (χ3n) is 1.76. The summed E-state index contributed by atoms with van der Waals surface area (Å²) in [5.41, 5.74) is -0.217. The lowest BCUT2D eigenvalue weighted by molar-refractivity contribution is -0.206. The fourth-order valence-electron chi connectivity index (χ4n) is 1.06. The number of alkyl halides is 3. The lowest BCUT2D eigenvalue weighted by Gasteiger charge is -2.12. The van der Waals surface area contributed by atoms with Crippen LogP contribution in [0.1, 0.15) is 11.7 Å². The molecule has 1 aromatic rings. The summed E-state index contributed by atoms with van der Waals surface area (Å²) in [7, 11) is 0. The average molecular weight is 209 g/mol. The maximum Gasteiger partial charge on any atom is 0.418 e. The van der Waals surface area contributed by atoms with E-state index in [1.165, 1.54) is 16.8 Å². The van der Waals surface area contributed by atoms with Crippen LogP contribution in [0.4, 0.5) is 13.2 Å². The van der Waals surface area contributed by atoms with Gasteiger partial charge in [0, 0.05) is 24.5 Å². The van der Waals surface area contributed by atoms with E-state index in [9.17, 15) is 13.2 Å². The van der Waals surface area contributed by atoms with E-state index in [4.69, 9.17) is 10.2 Å². The van der Waals surface area contributed by atoms with Gasteiger partial charge in [0.2, 0.25) is 0 Å². The van der Waals surface area contributed by atoms with Crippen molar-refractivity contribution in [3.63, 3.8) is 0 Å². The van der Waals surface area contributed by atoms with E-state index in [-0.39, 0.29) is 18.7 Å². The van der Waals surface area contributed by atoms with E-state index in [0.29, 0.717) is 0 Å². The molecule has 0 aliphatic carbocycles. The second-order valence-electron chi connectivity index (χ2n) is 2.85. The Bertz CT molecular complexity index is 295. The molecule has 3 nitrogen and oxygen atoms in total. The zero-order chi connectivity index (χ0) is 10.8. The Hall–Kier alpha value is -1.01. The summed E-state index contributed by atoms with van der Waals surface area (Å²) in [5, 5.41) is 17.4. The molecule has 6 heteroatoms. The van der Waals surface area contributed by atoms with Gasteiger partial charge in [-0.2, -0.15) is 13.2 Å². The third-order valence-corrected chi connectivity index (χ3v) is 1.76. The highest BCUT2D eigenvalue weighted by Crippen LogP contribution is 2.32. The summed E-state index contributed by atoms with van der Waals surface area (Å²) in [5.74, 6) is 0. The molecule has 1 atom stereocenters. The van der Waals surface area contributed by atoms with Crippen molar-refractivity contribution in [1.29, 1.82) is 0 Å². The molecule has 1 unspecified atom stereocenters. The lowest BCUT2D eigenvalue weighted by Crippen LogP contribution is -2.19. The van der Waals surface area contributed by atoms with Gasteiger partial charge in [-0.05, 0) is 6.07 Å². The van der Waals surface area contributed by atoms with Gasteiger partial charge in [-0.3, -0.25) is 0 Å². The number of hydrogen-bond acceptors (Lipinski definition) is 2. The molecule has 1 heterocycles. The topological polar surface area (TPSA) is 45.4 Å². The maximum absolute atomic E-state index is 12.0. The minimum absolute atomic E-state index is 0.157. The summed E-state index contributed by atoms with van der Waals surface area (Å²) < 4.78 is 37.4. The molecule has 0 radical (unpaired) electrons. The molecule has 0 saturated heterocycles. The molecule has 14 heavy (non-hydrogen) atoms. The largest absolute Gasteiger partial charge is 0.418 e. The van der Waals surface area contributed by atoms with E-state index >= 15 is 0 Å². The second-order valence-corrected chi connectivity index (χ2v) is 2.85. The van der Waals surface area contributed by atoms with Gasteiger partial charge < -0.3 is 14.8 Å². The molecule has 0 aromatic carbocycles. The van der Waals surface area contributed by atoms with Crippen LogP contribution in [0.25, 0.3) is 0 Å². The van der Waals surface area contributed by atoms with Crippen molar-refractivity contribution in [3.05, 3.63) is 24.0 Å². The Kier molecular flexibility index (Phi) is 3.17. The maximum atomic E-state index is 12.0. The number of aliphatic hydroxyl groups excluding tert-OH is 2. The highest BCUT2D eigenvalue weighted by Gasteiger charge is 2.39. The minimum atomic E-state index is -4.65. The van der Waals surface area contributed by atoms with Crippen LogP contribution < -0.4 is 0 Å². The second kappa shape index (κ2) is 4.02. The van der Waals surface area contributed by atoms with Crippen LogP contribution in [-0.4, -0.2) is 27.6 Å². The molecule has 0 fully saturated rings. The molecule has 1 rings (SSSR count). The van der Waals surface area contributed by atoms with Gasteiger partial charge >= 0.3 is 6.18 Å². The highest BCUT2D eigenvalue weighted by molar-refractivity contribution is 5.15. The zero-order valence-electron chi connectivity index (χ0n) is 7.20. The molecule has 80 valence electrons. The van der Waals surface area contributed by atoms with Crippen molar-refractivity contribution in [3.8, 4) is 0 Å². The highest BCUT2D eigenvalue weighted by atomic mass is 19.4. The fraction of sp³-hybridized carbons (Fsp3) is 0.500. The van der Waals surface area contributed by atoms with Crippen molar-refractivity contribution in [2.75, 3.05) is 6.61 Å². The van der Waals surface area contributed by atoms with Gasteiger partial charge in [-0.1, -0.05) is 0 Å². The first kappa shape index (κ1) is 11.1. The van der Waals surface area contributed by atoms with Crippen LogP contribution >= 0.6 is 0 Å². The van der Waals surface area contributed by atoms with Crippen molar-refractivity contribution < 1.29 is 23.4 Å². The van der Waals surface area contributed by atoms with Gasteiger partial charge in [0.25, 0.3) is 0 Å². The molecule has 2 N–H and O–H groups in total. The van der Waals surface area contributed by atoms with Crippen molar-refractivity contribution >= 4 is 0 Å². The minimum Gasteiger partial charge on any atom is -0.395 e. The first-order valence-electron chi connectivity index (χ1n) is 3.96. The molecule has 0 saturated carbocycles. The number of rotatable bonds is 3. The van der Waals surface area contributed by atoms with Crippen LogP contribution in [-0.2, 0) is 6.54 Å². The molecule has 0 spiro atoms. The van der Waals surface area contributed by atoms with Gasteiger partial charge in [0.1, 0.15) is 0 Å². The standard InChI is InChI=1S/C8H10F3NO2/c9-8(10,11)7(14)6-1-2-12(5-6)3-4-13/h1-2,5,7,13-14H,3-4H2. The molecule has 0 aliphatic rings. The molecule has 0 amide bonds. The normalized spacial score (nSPS) is 14.4. The van der Waals surface area contributed by atoms with E-state index in [1.807, 2.05) is 0 Å². The van der Waals surface area contributed by atoms with Gasteiger partial charge in [0.15, 0.2) is 6.10 Å². The quantitative estimate of drug-likeness (QED) is 0.782. The van der Waals surface area contributed by atoms with Crippen LogP contribution in [0.5, 0.6) is 0 Å². The summed E-state index contributed by atoms with van der Waals surface area (Å²) >= 11 is 0. The Labute approximate surface area is 78.4 Å². The summed E-state index contributed by atoms with van der Waals surface area (Å²) in [6.07, 6.45) is -4.57. The zero-order valence-corrected chi connectivity index (χ0v) is 7.20. The molecular weight excluding hydrogens is 199 g/mol. The summed E-state index contributed by atoms with van der Waals surface area (Å²) in [6.45, 7) is 0.0564. The first-order chi connectivity index (χ1) is 6.45. The number of hydrogen-bond donors (Lipinski definition) is 2. The van der Waals surface area contributed by atoms with E-state index < -0.39 is 12.3 Å². The predicted octanol–water partition coefficient (Wildman–Crippen LogP) is 1.08. The Morgan fingerprint density at radius 1 is 1.43 bits per heavy atom. The van der Waals surface area contributed by atoms with Gasteiger partial charge in [0.05, 0.1) is 6.61 Å². The fourth-order valence-corrected chi connectivity index (χ4v) is 1.06. The number of aromatic nitrogens is 1. The van der Waals surface area contributed by atoms with Gasteiger partial charge in [-0.25, -0.2) is 0 Å². The predicted molar refractivity (Wildman–Crippen MR) is 42.5 cm³/mol. The Balaban J connectivity index is 2.76. The third kappa shape index (κ3) is 2.49. The van der Waals surface area contributed by atoms with Crippen LogP contribution in [0.15, 0.2) is 18.5 Å². The summed E-state index contributed by atoms with van der Waals surface area (Å²) in [6, 6.07) is 1.17. The van der Waals surface area contributed by atoms with Crippen LogP contribution in [0.3, 0.4) is 0 Å². The number of nitrogens with zero attached hydrogens (tertiary/aromatic N) is 1. The van der Waals surface area contributed by atoms with Crippen molar-refractivity contribution in [1.82, 2.24) is 4.57 Å². The van der Waals surface area contributed by atoms with E-state index in [2.05, 4.69) is 0 Å². The molecular formula is C8H10F3NO2. The number of aliphatic hydroxyl groups is 2. The number of halogens is 3. The molecule has 0 bridgehead atoms. The lowest BCUT2D eigenvalue weighted by atomic mass is 10.2. The van der Waals surface area contributed by atoms with Crippen LogP contribution in [0, 0.1) is 0 Å². The smallest absolute Gasteiger partial charge is 0.395 e. The SMILES string of the molecule is OCCn1ccc(C(O)C(F)(F)F)c1. The Morgan fingerprint density at radius 3 is 2.57 bits per heavy atom. The van der Waals surface area contributed by atoms with Crippen molar-refractivity contribution in [2.45, 2.75) is 18.8 Å². The molecule has 1 aromatic heterocycles. The average Bonchev–Trinajstić information content (AvgIpc) is 2.50. The van der Waals surface area contributed by atoms with Crippen molar-refractivity contribution in [2.24, 2.45) is 0 Å².